The highest BCUT2D eigenvalue weighted by atomic mass is 16.4. The van der Waals surface area contributed by atoms with Gasteiger partial charge in [-0.25, -0.2) is 0 Å². The molecule has 1 rings (SSSR count). The number of aliphatic carboxylic acids is 2. The summed E-state index contributed by atoms with van der Waals surface area (Å²) in [5.74, 6) is -3.51. The van der Waals surface area contributed by atoms with Crippen LogP contribution in [0.4, 0.5) is 0 Å². The molecule has 0 aromatic carbocycles. The van der Waals surface area contributed by atoms with E-state index in [9.17, 15) is 9.59 Å². The van der Waals surface area contributed by atoms with E-state index in [1.165, 1.54) is 0 Å². The van der Waals surface area contributed by atoms with Crippen LogP contribution in [0.25, 0.3) is 0 Å². The number of likely N-dealkylation sites (tertiary alicyclic amines) is 1. The van der Waals surface area contributed by atoms with Gasteiger partial charge in [0, 0.05) is 6.54 Å². The van der Waals surface area contributed by atoms with Crippen molar-refractivity contribution in [1.29, 1.82) is 0 Å². The van der Waals surface area contributed by atoms with Crippen molar-refractivity contribution in [3.63, 3.8) is 0 Å². The molecule has 0 bridgehead atoms. The van der Waals surface area contributed by atoms with Gasteiger partial charge in [-0.3, -0.25) is 9.59 Å². The molecule has 5 heteroatoms. The Bertz CT molecular complexity index is 228. The van der Waals surface area contributed by atoms with Gasteiger partial charge in [0.1, 0.15) is 0 Å². The number of carboxylic acids is 2. The lowest BCUT2D eigenvalue weighted by atomic mass is 9.86. The SMILES string of the molecule is CN1CC[C@@H](C(=O)O)[C@@H](C(=O)O)C1. The number of piperidine rings is 1. The Morgan fingerprint density at radius 1 is 1.23 bits per heavy atom. The van der Waals surface area contributed by atoms with Crippen LogP contribution in [0.15, 0.2) is 0 Å². The van der Waals surface area contributed by atoms with Gasteiger partial charge in [0.05, 0.1) is 11.8 Å². The minimum Gasteiger partial charge on any atom is -0.481 e. The molecule has 1 aliphatic rings. The standard InChI is InChI=1S/C8H13NO4/c1-9-3-2-5(7(10)11)6(4-9)8(12)13/h5-6H,2-4H2,1H3,(H,10,11)(H,12,13)/t5-,6+/m1/s1. The van der Waals surface area contributed by atoms with Crippen LogP contribution in [-0.2, 0) is 9.59 Å². The van der Waals surface area contributed by atoms with E-state index in [4.69, 9.17) is 10.2 Å². The van der Waals surface area contributed by atoms with Gasteiger partial charge in [-0.15, -0.1) is 0 Å². The number of hydrogen-bond acceptors (Lipinski definition) is 3. The van der Waals surface area contributed by atoms with Crippen molar-refractivity contribution >= 4 is 11.9 Å². The van der Waals surface area contributed by atoms with Crippen molar-refractivity contribution in [3.05, 3.63) is 0 Å². The Labute approximate surface area is 76.0 Å². The zero-order valence-electron chi connectivity index (χ0n) is 7.43. The summed E-state index contributed by atoms with van der Waals surface area (Å²) in [6, 6.07) is 0. The van der Waals surface area contributed by atoms with E-state index >= 15 is 0 Å². The molecule has 0 unspecified atom stereocenters. The van der Waals surface area contributed by atoms with Gasteiger partial charge in [-0.1, -0.05) is 0 Å². The Balaban J connectivity index is 2.72. The van der Waals surface area contributed by atoms with Gasteiger partial charge >= 0.3 is 11.9 Å². The Morgan fingerprint density at radius 2 is 1.77 bits per heavy atom. The maximum atomic E-state index is 10.7. The summed E-state index contributed by atoms with van der Waals surface area (Å²) >= 11 is 0. The summed E-state index contributed by atoms with van der Waals surface area (Å²) in [4.78, 5) is 23.3. The van der Waals surface area contributed by atoms with Crippen molar-refractivity contribution in [1.82, 2.24) is 4.90 Å². The molecule has 5 nitrogen and oxygen atoms in total. The van der Waals surface area contributed by atoms with Gasteiger partial charge in [0.25, 0.3) is 0 Å². The molecule has 13 heavy (non-hydrogen) atoms. The molecule has 1 saturated heterocycles. The maximum Gasteiger partial charge on any atom is 0.308 e. The maximum absolute atomic E-state index is 10.7. The van der Waals surface area contributed by atoms with E-state index in [1.54, 1.807) is 7.05 Å². The zero-order chi connectivity index (χ0) is 10.0. The minimum atomic E-state index is -1.01. The highest BCUT2D eigenvalue weighted by Gasteiger charge is 2.37. The van der Waals surface area contributed by atoms with Crippen LogP contribution in [0.2, 0.25) is 0 Å². The largest absolute Gasteiger partial charge is 0.481 e. The Morgan fingerprint density at radius 3 is 2.23 bits per heavy atom. The number of nitrogens with zero attached hydrogens (tertiary/aromatic N) is 1. The van der Waals surface area contributed by atoms with Gasteiger partial charge in [0.2, 0.25) is 0 Å². The predicted octanol–water partition coefficient (Wildman–Crippen LogP) is -0.276. The van der Waals surface area contributed by atoms with Crippen LogP contribution in [0.5, 0.6) is 0 Å². The molecule has 1 aliphatic heterocycles. The van der Waals surface area contributed by atoms with Crippen molar-refractivity contribution in [2.45, 2.75) is 6.42 Å². The molecule has 0 aromatic heterocycles. The lowest BCUT2D eigenvalue weighted by molar-refractivity contribution is -0.156. The molecule has 2 atom stereocenters. The minimum absolute atomic E-state index is 0.326. The molecule has 0 amide bonds. The first-order chi connectivity index (χ1) is 6.02. The van der Waals surface area contributed by atoms with Crippen LogP contribution in [-0.4, -0.2) is 47.2 Å². The van der Waals surface area contributed by atoms with E-state index in [1.807, 2.05) is 4.90 Å². The fourth-order valence-corrected chi connectivity index (χ4v) is 1.66. The summed E-state index contributed by atoms with van der Waals surface area (Å²) in [7, 11) is 1.80. The Kier molecular flexibility index (Phi) is 2.87. The third kappa shape index (κ3) is 2.18. The van der Waals surface area contributed by atoms with Crippen molar-refractivity contribution in [2.24, 2.45) is 11.8 Å². The first-order valence-electron chi connectivity index (χ1n) is 4.16. The molecule has 74 valence electrons. The molecular formula is C8H13NO4. The third-order valence-corrected chi connectivity index (χ3v) is 2.45. The average molecular weight is 187 g/mol. The van der Waals surface area contributed by atoms with E-state index < -0.39 is 23.8 Å². The van der Waals surface area contributed by atoms with Crippen LogP contribution >= 0.6 is 0 Å². The second-order valence-corrected chi connectivity index (χ2v) is 3.44. The number of carboxylic acid groups (broad SMARTS) is 2. The number of carbonyl (C=O) groups is 2. The molecular weight excluding hydrogens is 174 g/mol. The van der Waals surface area contributed by atoms with Crippen LogP contribution in [0, 0.1) is 11.8 Å². The second-order valence-electron chi connectivity index (χ2n) is 3.44. The zero-order valence-corrected chi connectivity index (χ0v) is 7.43. The monoisotopic (exact) mass is 187 g/mol. The summed E-state index contributed by atoms with van der Waals surface area (Å²) in [6.07, 6.45) is 0.419. The van der Waals surface area contributed by atoms with Crippen molar-refractivity contribution in [2.75, 3.05) is 20.1 Å². The highest BCUT2D eigenvalue weighted by molar-refractivity contribution is 5.80. The molecule has 0 aromatic rings. The van der Waals surface area contributed by atoms with Gasteiger partial charge < -0.3 is 15.1 Å². The number of hydrogen-bond donors (Lipinski definition) is 2. The highest BCUT2D eigenvalue weighted by Crippen LogP contribution is 2.23. The van der Waals surface area contributed by atoms with E-state index in [0.717, 1.165) is 0 Å². The molecule has 0 radical (unpaired) electrons. The summed E-state index contributed by atoms with van der Waals surface area (Å²) in [6.45, 7) is 0.979. The summed E-state index contributed by atoms with van der Waals surface area (Å²) in [5, 5.41) is 17.5. The van der Waals surface area contributed by atoms with Crippen molar-refractivity contribution in [3.8, 4) is 0 Å². The molecule has 2 N–H and O–H groups in total. The van der Waals surface area contributed by atoms with E-state index in [2.05, 4.69) is 0 Å². The van der Waals surface area contributed by atoms with Gasteiger partial charge in [-0.2, -0.15) is 0 Å². The molecule has 0 saturated carbocycles. The fourth-order valence-electron chi connectivity index (χ4n) is 1.66. The third-order valence-electron chi connectivity index (χ3n) is 2.45. The topological polar surface area (TPSA) is 77.8 Å². The van der Waals surface area contributed by atoms with Crippen LogP contribution in [0.3, 0.4) is 0 Å². The van der Waals surface area contributed by atoms with E-state index in [0.29, 0.717) is 19.5 Å². The van der Waals surface area contributed by atoms with Gasteiger partial charge in [-0.05, 0) is 20.0 Å². The van der Waals surface area contributed by atoms with Crippen molar-refractivity contribution < 1.29 is 19.8 Å². The molecule has 0 aliphatic carbocycles. The first kappa shape index (κ1) is 9.98. The predicted molar refractivity (Wildman–Crippen MR) is 44.4 cm³/mol. The summed E-state index contributed by atoms with van der Waals surface area (Å²) in [5.41, 5.74) is 0. The fraction of sp³-hybridized carbons (Fsp3) is 0.750. The molecule has 1 fully saturated rings. The lowest BCUT2D eigenvalue weighted by Gasteiger charge is -2.31. The van der Waals surface area contributed by atoms with Gasteiger partial charge in [0.15, 0.2) is 0 Å². The lowest BCUT2D eigenvalue weighted by Crippen LogP contribution is -2.44. The quantitative estimate of drug-likeness (QED) is 0.621. The smallest absolute Gasteiger partial charge is 0.308 e. The first-order valence-corrected chi connectivity index (χ1v) is 4.16. The Hall–Kier alpha value is -1.10. The van der Waals surface area contributed by atoms with E-state index in [-0.39, 0.29) is 0 Å². The average Bonchev–Trinajstić information content (AvgIpc) is 2.03. The second kappa shape index (κ2) is 3.74. The van der Waals surface area contributed by atoms with Crippen LogP contribution in [0.1, 0.15) is 6.42 Å². The number of rotatable bonds is 2. The normalized spacial score (nSPS) is 29.9. The molecule has 0 spiro atoms. The summed E-state index contributed by atoms with van der Waals surface area (Å²) < 4.78 is 0. The van der Waals surface area contributed by atoms with Crippen LogP contribution < -0.4 is 0 Å². The molecule has 1 heterocycles.